The molecule has 3 fully saturated rings. The highest BCUT2D eigenvalue weighted by atomic mass is 19.3. The number of halogens is 2. The van der Waals surface area contributed by atoms with Crippen LogP contribution in [-0.2, 0) is 0 Å². The summed E-state index contributed by atoms with van der Waals surface area (Å²) < 4.78 is 31.6. The van der Waals surface area contributed by atoms with Gasteiger partial charge in [0.2, 0.25) is 5.88 Å². The van der Waals surface area contributed by atoms with E-state index in [9.17, 15) is 13.6 Å². The summed E-state index contributed by atoms with van der Waals surface area (Å²) in [6, 6.07) is 6.31. The predicted molar refractivity (Wildman–Crippen MR) is 107 cm³/mol. The molecule has 6 rings (SSSR count). The van der Waals surface area contributed by atoms with Crippen LogP contribution in [-0.4, -0.2) is 54.5 Å². The van der Waals surface area contributed by atoms with E-state index in [0.717, 1.165) is 24.7 Å². The maximum atomic E-state index is 13.6. The Kier molecular flexibility index (Phi) is 4.08. The van der Waals surface area contributed by atoms with E-state index in [0.29, 0.717) is 29.7 Å². The van der Waals surface area contributed by atoms with E-state index < -0.39 is 6.43 Å². The number of aromatic nitrogens is 5. The van der Waals surface area contributed by atoms with Gasteiger partial charge in [-0.05, 0) is 43.9 Å². The van der Waals surface area contributed by atoms with Crippen molar-refractivity contribution in [3.8, 4) is 11.6 Å². The predicted octanol–water partition coefficient (Wildman–Crippen LogP) is 2.99. The molecule has 10 heteroatoms. The molecule has 4 unspecified atom stereocenters. The molecule has 1 aliphatic heterocycles. The normalized spacial score (nSPS) is 27.6. The number of nitrogens with zero attached hydrogens (tertiary/aromatic N) is 6. The van der Waals surface area contributed by atoms with Crippen LogP contribution in [0.15, 0.2) is 42.9 Å². The molecular weight excluding hydrogens is 418 g/mol. The van der Waals surface area contributed by atoms with E-state index in [1.807, 2.05) is 17.9 Å². The third-order valence-electron chi connectivity index (χ3n) is 6.95. The second-order valence-electron chi connectivity index (χ2n) is 8.77. The van der Waals surface area contributed by atoms with E-state index in [2.05, 4.69) is 20.2 Å². The van der Waals surface area contributed by atoms with Gasteiger partial charge in [-0.1, -0.05) is 0 Å². The number of likely N-dealkylation sites (tertiary alicyclic amines) is 1. The Labute approximate surface area is 182 Å². The summed E-state index contributed by atoms with van der Waals surface area (Å²) >= 11 is 0. The lowest BCUT2D eigenvalue weighted by Gasteiger charge is -2.46. The lowest BCUT2D eigenvalue weighted by molar-refractivity contribution is -0.0347. The number of piperidine rings is 1. The first-order chi connectivity index (χ1) is 15.5. The number of hydrogen-bond acceptors (Lipinski definition) is 6. The zero-order valence-electron chi connectivity index (χ0n) is 17.2. The Balaban J connectivity index is 1.27. The molecule has 164 valence electrons. The minimum Gasteiger partial charge on any atom is -0.472 e. The van der Waals surface area contributed by atoms with E-state index >= 15 is 0 Å². The Morgan fingerprint density at radius 3 is 2.72 bits per heavy atom. The Morgan fingerprint density at radius 2 is 2.00 bits per heavy atom. The molecule has 1 spiro atoms. The molecule has 0 radical (unpaired) electrons. The topological polar surface area (TPSA) is 86.0 Å². The maximum Gasteiger partial charge on any atom is 0.275 e. The number of rotatable bonds is 5. The van der Waals surface area contributed by atoms with E-state index in [1.165, 1.54) is 16.9 Å². The molecular formula is C22H20F2N6O2. The van der Waals surface area contributed by atoms with Crippen molar-refractivity contribution < 1.29 is 18.3 Å². The number of hydrogen-bond donors (Lipinski definition) is 0. The van der Waals surface area contributed by atoms with Crippen LogP contribution in [0.25, 0.3) is 5.69 Å². The zero-order valence-corrected chi connectivity index (χ0v) is 17.2. The van der Waals surface area contributed by atoms with Crippen molar-refractivity contribution in [3.05, 3.63) is 59.8 Å². The van der Waals surface area contributed by atoms with Gasteiger partial charge in [-0.15, -0.1) is 4.80 Å². The van der Waals surface area contributed by atoms with Gasteiger partial charge in [0.1, 0.15) is 11.8 Å². The van der Waals surface area contributed by atoms with Gasteiger partial charge in [0.05, 0.1) is 18.4 Å². The van der Waals surface area contributed by atoms with Gasteiger partial charge < -0.3 is 9.64 Å². The minimum atomic E-state index is -2.57. The molecule has 0 bridgehead atoms. The second kappa shape index (κ2) is 6.78. The molecule has 4 heterocycles. The van der Waals surface area contributed by atoms with Gasteiger partial charge >= 0.3 is 0 Å². The molecule has 1 saturated heterocycles. The summed E-state index contributed by atoms with van der Waals surface area (Å²) in [5.74, 6) is 0.578. The van der Waals surface area contributed by atoms with Gasteiger partial charge in [-0.25, -0.2) is 18.7 Å². The van der Waals surface area contributed by atoms with Crippen LogP contribution in [0.5, 0.6) is 5.88 Å². The fourth-order valence-corrected chi connectivity index (χ4v) is 5.34. The van der Waals surface area contributed by atoms with Crippen LogP contribution >= 0.6 is 0 Å². The van der Waals surface area contributed by atoms with Gasteiger partial charge in [0.25, 0.3) is 12.3 Å². The minimum absolute atomic E-state index is 0.0858. The zero-order chi connectivity index (χ0) is 22.0. The molecule has 3 aliphatic rings. The Bertz CT molecular complexity index is 1190. The van der Waals surface area contributed by atoms with Crippen LogP contribution in [0.4, 0.5) is 8.78 Å². The fourth-order valence-electron chi connectivity index (χ4n) is 5.34. The highest BCUT2D eigenvalue weighted by molar-refractivity contribution is 5.96. The lowest BCUT2D eigenvalue weighted by Crippen LogP contribution is -2.59. The standard InChI is InChI=1S/C22H20F2N6O2/c1-12-2-4-15(30-26-6-7-27-30)18(28-12)21(31)29-11-14-8-22(14)9-16(19(22)29)32-17-5-3-13(10-25-17)20(23)24/h2-7,10,14,16,19-20H,8-9,11H2,1H3. The molecule has 8 nitrogen and oxygen atoms in total. The number of amides is 1. The number of pyridine rings is 2. The van der Waals surface area contributed by atoms with Crippen LogP contribution in [0.2, 0.25) is 0 Å². The summed E-state index contributed by atoms with van der Waals surface area (Å²) in [5, 5.41) is 8.31. The number of carbonyl (C=O) groups excluding carboxylic acids is 1. The van der Waals surface area contributed by atoms with Gasteiger partial charge in [-0.3, -0.25) is 4.79 Å². The highest BCUT2D eigenvalue weighted by Gasteiger charge is 2.76. The molecule has 0 N–H and O–H groups in total. The fraction of sp³-hybridized carbons (Fsp3) is 0.409. The number of carbonyl (C=O) groups is 1. The third kappa shape index (κ3) is 2.81. The van der Waals surface area contributed by atoms with Crippen molar-refractivity contribution in [2.45, 2.75) is 38.3 Å². The summed E-state index contributed by atoms with van der Waals surface area (Å²) in [4.78, 5) is 25.4. The van der Waals surface area contributed by atoms with Gasteiger partial charge in [-0.2, -0.15) is 10.2 Å². The van der Waals surface area contributed by atoms with Crippen molar-refractivity contribution >= 4 is 5.91 Å². The SMILES string of the molecule is Cc1ccc(-n2nccn2)c(C(=O)N2CC3CC34CC(Oc3ccc(C(F)F)cn3)C24)n1. The molecule has 2 saturated carbocycles. The molecule has 3 aromatic rings. The van der Waals surface area contributed by atoms with E-state index in [1.54, 1.807) is 18.5 Å². The molecule has 2 aliphatic carbocycles. The lowest BCUT2D eigenvalue weighted by atomic mass is 9.73. The summed E-state index contributed by atoms with van der Waals surface area (Å²) in [7, 11) is 0. The first kappa shape index (κ1) is 19.3. The van der Waals surface area contributed by atoms with Crippen molar-refractivity contribution in [2.24, 2.45) is 11.3 Å². The van der Waals surface area contributed by atoms with E-state index in [-0.39, 0.29) is 29.0 Å². The van der Waals surface area contributed by atoms with E-state index in [4.69, 9.17) is 4.74 Å². The first-order valence-electron chi connectivity index (χ1n) is 10.5. The number of aryl methyl sites for hydroxylation is 1. The summed E-state index contributed by atoms with van der Waals surface area (Å²) in [5.41, 5.74) is 1.52. The van der Waals surface area contributed by atoms with Crippen molar-refractivity contribution in [3.63, 3.8) is 0 Å². The number of alkyl halides is 2. The van der Waals surface area contributed by atoms with Gasteiger partial charge in [0, 0.05) is 35.5 Å². The van der Waals surface area contributed by atoms with Gasteiger partial charge in [0.15, 0.2) is 5.69 Å². The second-order valence-corrected chi connectivity index (χ2v) is 8.77. The molecule has 3 aromatic heterocycles. The highest BCUT2D eigenvalue weighted by Crippen LogP contribution is 2.71. The molecule has 4 atom stereocenters. The monoisotopic (exact) mass is 438 g/mol. The first-order valence-corrected chi connectivity index (χ1v) is 10.5. The molecule has 1 amide bonds. The average Bonchev–Trinajstić information content (AvgIpc) is 3.14. The van der Waals surface area contributed by atoms with Crippen LogP contribution in [0.1, 0.15) is 41.0 Å². The molecule has 0 aromatic carbocycles. The largest absolute Gasteiger partial charge is 0.472 e. The smallest absolute Gasteiger partial charge is 0.275 e. The van der Waals surface area contributed by atoms with Crippen LogP contribution in [0, 0.1) is 18.3 Å². The quantitative estimate of drug-likeness (QED) is 0.609. The van der Waals surface area contributed by atoms with Crippen LogP contribution < -0.4 is 4.74 Å². The Hall–Kier alpha value is -3.43. The summed E-state index contributed by atoms with van der Waals surface area (Å²) in [6.45, 7) is 2.49. The van der Waals surface area contributed by atoms with Crippen molar-refractivity contribution in [1.82, 2.24) is 29.9 Å². The van der Waals surface area contributed by atoms with Crippen LogP contribution in [0.3, 0.4) is 0 Å². The van der Waals surface area contributed by atoms with Crippen molar-refractivity contribution in [1.29, 1.82) is 0 Å². The molecule has 32 heavy (non-hydrogen) atoms. The third-order valence-corrected chi connectivity index (χ3v) is 6.95. The number of ether oxygens (including phenoxy) is 1. The Morgan fingerprint density at radius 1 is 1.19 bits per heavy atom. The maximum absolute atomic E-state index is 13.6. The summed E-state index contributed by atoms with van der Waals surface area (Å²) in [6.07, 6.45) is 3.34. The average molecular weight is 438 g/mol. The van der Waals surface area contributed by atoms with Crippen molar-refractivity contribution in [2.75, 3.05) is 6.54 Å².